The molecule has 5 N–H and O–H groups in total. The Hall–Kier alpha value is -2.00. The van der Waals surface area contributed by atoms with Crippen LogP contribution >= 0.6 is 0 Å². The summed E-state index contributed by atoms with van der Waals surface area (Å²) in [5, 5.41) is 25.7. The van der Waals surface area contributed by atoms with Crippen LogP contribution in [0.5, 0.6) is 0 Å². The average Bonchev–Trinajstić information content (AvgIpc) is 2.48. The molecule has 0 aliphatic heterocycles. The van der Waals surface area contributed by atoms with E-state index < -0.39 is 48.6 Å². The lowest BCUT2D eigenvalue weighted by molar-refractivity contribution is -0.135. The van der Waals surface area contributed by atoms with Crippen LogP contribution in [0, 0.1) is 0 Å². The van der Waals surface area contributed by atoms with Gasteiger partial charge in [-0.05, 0) is 20.8 Å². The number of Topliss-reactive ketones (excluding diaryl/α,β-unsaturated/α-hetero) is 1. The molecule has 0 radical (unpaired) electrons. The largest absolute Gasteiger partial charge is 0.394 e. The molecule has 0 fully saturated rings. The van der Waals surface area contributed by atoms with Crippen LogP contribution in [0.1, 0.15) is 34.1 Å². The molecule has 9 heteroatoms. The van der Waals surface area contributed by atoms with Crippen molar-refractivity contribution in [3.8, 4) is 0 Å². The summed E-state index contributed by atoms with van der Waals surface area (Å²) in [5.41, 5.74) is 0. The summed E-state index contributed by atoms with van der Waals surface area (Å²) in [4.78, 5) is 46.5. The lowest BCUT2D eigenvalue weighted by atomic mass is 10.1. The molecule has 0 bridgehead atoms. The zero-order valence-electron chi connectivity index (χ0n) is 13.8. The van der Waals surface area contributed by atoms with Gasteiger partial charge in [-0.3, -0.25) is 19.2 Å². The van der Waals surface area contributed by atoms with E-state index in [4.69, 9.17) is 5.11 Å². The molecule has 0 aliphatic rings. The number of aliphatic hydroxyl groups excluding tert-OH is 2. The second kappa shape index (κ2) is 9.90. The van der Waals surface area contributed by atoms with Crippen molar-refractivity contribution in [3.63, 3.8) is 0 Å². The fourth-order valence-corrected chi connectivity index (χ4v) is 1.55. The van der Waals surface area contributed by atoms with Gasteiger partial charge >= 0.3 is 0 Å². The van der Waals surface area contributed by atoms with Crippen LogP contribution in [0.4, 0.5) is 0 Å². The standard InChI is InChI=1S/C14H25N3O6/c1-5-11(21)16-10(6-18)13(22)17-12(9(4)20)14(23)15-7(2)8(3)19/h7,9-10,12,18,20H,5-6H2,1-4H3,(H,15,23)(H,16,21)(H,17,22). The van der Waals surface area contributed by atoms with Gasteiger partial charge in [0.1, 0.15) is 12.1 Å². The Kier molecular flexibility index (Phi) is 9.04. The predicted molar refractivity (Wildman–Crippen MR) is 81.2 cm³/mol. The number of rotatable bonds is 9. The number of amides is 3. The molecule has 9 nitrogen and oxygen atoms in total. The van der Waals surface area contributed by atoms with E-state index >= 15 is 0 Å². The highest BCUT2D eigenvalue weighted by molar-refractivity contribution is 5.94. The first-order valence-electron chi connectivity index (χ1n) is 7.33. The lowest BCUT2D eigenvalue weighted by Gasteiger charge is -2.24. The molecule has 4 unspecified atom stereocenters. The minimum Gasteiger partial charge on any atom is -0.394 e. The first-order chi connectivity index (χ1) is 10.6. The van der Waals surface area contributed by atoms with Gasteiger partial charge in [-0.15, -0.1) is 0 Å². The highest BCUT2D eigenvalue weighted by Gasteiger charge is 2.30. The van der Waals surface area contributed by atoms with Crippen molar-refractivity contribution >= 4 is 23.5 Å². The SMILES string of the molecule is CCC(=O)NC(CO)C(=O)NC(C(=O)NC(C)C(C)=O)C(C)O. The summed E-state index contributed by atoms with van der Waals surface area (Å²) in [6.07, 6.45) is -1.11. The third kappa shape index (κ3) is 7.20. The van der Waals surface area contributed by atoms with Gasteiger partial charge in [0, 0.05) is 6.42 Å². The zero-order chi connectivity index (χ0) is 18.2. The molecule has 0 saturated carbocycles. The van der Waals surface area contributed by atoms with Crippen molar-refractivity contribution in [1.29, 1.82) is 0 Å². The first-order valence-corrected chi connectivity index (χ1v) is 7.33. The number of hydrogen-bond donors (Lipinski definition) is 5. The van der Waals surface area contributed by atoms with Crippen LogP contribution in [0.2, 0.25) is 0 Å². The van der Waals surface area contributed by atoms with E-state index in [0.29, 0.717) is 0 Å². The molecule has 4 atom stereocenters. The van der Waals surface area contributed by atoms with Crippen LogP contribution in [0.25, 0.3) is 0 Å². The third-order valence-electron chi connectivity index (χ3n) is 3.19. The van der Waals surface area contributed by atoms with Gasteiger partial charge in [0.25, 0.3) is 0 Å². The summed E-state index contributed by atoms with van der Waals surface area (Å²) in [5.74, 6) is -2.28. The topological polar surface area (TPSA) is 145 Å². The maximum atomic E-state index is 12.0. The van der Waals surface area contributed by atoms with E-state index in [1.54, 1.807) is 6.92 Å². The van der Waals surface area contributed by atoms with Crippen molar-refractivity contribution < 1.29 is 29.4 Å². The molecule has 0 aromatic heterocycles. The number of nitrogens with one attached hydrogen (secondary N) is 3. The van der Waals surface area contributed by atoms with Gasteiger partial charge < -0.3 is 26.2 Å². The molecule has 0 spiro atoms. The van der Waals surface area contributed by atoms with Crippen LogP contribution in [0.15, 0.2) is 0 Å². The molecule has 0 saturated heterocycles. The molecule has 132 valence electrons. The van der Waals surface area contributed by atoms with Crippen LogP contribution in [-0.4, -0.2) is 64.6 Å². The van der Waals surface area contributed by atoms with Gasteiger partial charge in [-0.2, -0.15) is 0 Å². The Labute approximate surface area is 134 Å². The van der Waals surface area contributed by atoms with E-state index in [1.165, 1.54) is 20.8 Å². The monoisotopic (exact) mass is 331 g/mol. The molecular weight excluding hydrogens is 306 g/mol. The van der Waals surface area contributed by atoms with Gasteiger partial charge in [0.15, 0.2) is 5.78 Å². The van der Waals surface area contributed by atoms with E-state index in [1.807, 2.05) is 0 Å². The predicted octanol–water partition coefficient (Wildman–Crippen LogP) is -2.17. The summed E-state index contributed by atoms with van der Waals surface area (Å²) in [6, 6.07) is -3.33. The fraction of sp³-hybridized carbons (Fsp3) is 0.714. The van der Waals surface area contributed by atoms with E-state index in [-0.39, 0.29) is 12.2 Å². The maximum absolute atomic E-state index is 12.0. The Balaban J connectivity index is 4.91. The average molecular weight is 331 g/mol. The molecule has 3 amide bonds. The van der Waals surface area contributed by atoms with Crippen molar-refractivity contribution in [3.05, 3.63) is 0 Å². The van der Waals surface area contributed by atoms with E-state index in [2.05, 4.69) is 16.0 Å². The number of carbonyl (C=O) groups excluding carboxylic acids is 4. The Morgan fingerprint density at radius 3 is 1.96 bits per heavy atom. The number of carbonyl (C=O) groups is 4. The normalized spacial score (nSPS) is 15.7. The summed E-state index contributed by atoms with van der Waals surface area (Å²) in [6.45, 7) is 4.98. The second-order valence-corrected chi connectivity index (χ2v) is 5.22. The highest BCUT2D eigenvalue weighted by Crippen LogP contribution is 1.97. The van der Waals surface area contributed by atoms with Crippen molar-refractivity contribution in [1.82, 2.24) is 16.0 Å². The number of aliphatic hydroxyl groups is 2. The number of ketones is 1. The Bertz CT molecular complexity index is 452. The minimum absolute atomic E-state index is 0.125. The smallest absolute Gasteiger partial charge is 0.245 e. The fourth-order valence-electron chi connectivity index (χ4n) is 1.55. The molecule has 0 rings (SSSR count). The summed E-state index contributed by atoms with van der Waals surface area (Å²) in [7, 11) is 0. The molecule has 0 aromatic carbocycles. The molecule has 23 heavy (non-hydrogen) atoms. The molecule has 0 aliphatic carbocycles. The second-order valence-electron chi connectivity index (χ2n) is 5.22. The van der Waals surface area contributed by atoms with Gasteiger partial charge in [0.2, 0.25) is 17.7 Å². The summed E-state index contributed by atoms with van der Waals surface area (Å²) >= 11 is 0. The molecular formula is C14H25N3O6. The van der Waals surface area contributed by atoms with Crippen LogP contribution < -0.4 is 16.0 Å². The van der Waals surface area contributed by atoms with Gasteiger partial charge in [0.05, 0.1) is 18.8 Å². The Morgan fingerprint density at radius 1 is 1.00 bits per heavy atom. The molecule has 0 heterocycles. The van der Waals surface area contributed by atoms with Crippen LogP contribution in [0.3, 0.4) is 0 Å². The van der Waals surface area contributed by atoms with Crippen molar-refractivity contribution in [2.24, 2.45) is 0 Å². The number of hydrogen-bond acceptors (Lipinski definition) is 6. The summed E-state index contributed by atoms with van der Waals surface area (Å²) < 4.78 is 0. The third-order valence-corrected chi connectivity index (χ3v) is 3.19. The Morgan fingerprint density at radius 2 is 1.57 bits per heavy atom. The van der Waals surface area contributed by atoms with Crippen molar-refractivity contribution in [2.45, 2.75) is 58.3 Å². The first kappa shape index (κ1) is 21.0. The minimum atomic E-state index is -1.32. The quantitative estimate of drug-likeness (QED) is 0.325. The van der Waals surface area contributed by atoms with Gasteiger partial charge in [-0.1, -0.05) is 6.92 Å². The maximum Gasteiger partial charge on any atom is 0.245 e. The lowest BCUT2D eigenvalue weighted by Crippen LogP contribution is -2.59. The van der Waals surface area contributed by atoms with Crippen LogP contribution in [-0.2, 0) is 19.2 Å². The van der Waals surface area contributed by atoms with Gasteiger partial charge in [-0.25, -0.2) is 0 Å². The van der Waals surface area contributed by atoms with Crippen molar-refractivity contribution in [2.75, 3.05) is 6.61 Å². The van der Waals surface area contributed by atoms with E-state index in [9.17, 15) is 24.3 Å². The molecule has 0 aromatic rings. The zero-order valence-corrected chi connectivity index (χ0v) is 13.8. The highest BCUT2D eigenvalue weighted by atomic mass is 16.3. The van der Waals surface area contributed by atoms with E-state index in [0.717, 1.165) is 0 Å².